The fourth-order valence-electron chi connectivity index (χ4n) is 1.25. The van der Waals surface area contributed by atoms with Crippen LogP contribution < -0.4 is 5.73 Å². The van der Waals surface area contributed by atoms with E-state index in [0.29, 0.717) is 11.4 Å². The van der Waals surface area contributed by atoms with E-state index in [0.717, 1.165) is 10.7 Å². The lowest BCUT2D eigenvalue weighted by molar-refractivity contribution is 0.625. The van der Waals surface area contributed by atoms with Crippen LogP contribution in [0.4, 0.5) is 10.1 Å². The predicted molar refractivity (Wildman–Crippen MR) is 61.4 cm³/mol. The van der Waals surface area contributed by atoms with Crippen LogP contribution in [0.25, 0.3) is 0 Å². The van der Waals surface area contributed by atoms with Crippen molar-refractivity contribution in [3.05, 3.63) is 36.2 Å². The van der Waals surface area contributed by atoms with Gasteiger partial charge in [-0.15, -0.1) is 22.0 Å². The van der Waals surface area contributed by atoms with Crippen molar-refractivity contribution in [1.29, 1.82) is 0 Å². The van der Waals surface area contributed by atoms with Crippen LogP contribution in [0.3, 0.4) is 0 Å². The van der Waals surface area contributed by atoms with Crippen molar-refractivity contribution in [3.8, 4) is 0 Å². The quantitative estimate of drug-likeness (QED) is 0.654. The van der Waals surface area contributed by atoms with E-state index in [2.05, 4.69) is 10.2 Å². The van der Waals surface area contributed by atoms with Gasteiger partial charge in [0, 0.05) is 17.6 Å². The van der Waals surface area contributed by atoms with Crippen molar-refractivity contribution in [2.75, 3.05) is 5.73 Å². The van der Waals surface area contributed by atoms with Crippen LogP contribution >= 0.6 is 11.8 Å². The van der Waals surface area contributed by atoms with E-state index in [1.165, 1.54) is 23.9 Å². The average molecular weight is 238 g/mol. The maximum atomic E-state index is 13.0. The Labute approximate surface area is 96.7 Å². The van der Waals surface area contributed by atoms with Crippen molar-refractivity contribution in [3.63, 3.8) is 0 Å². The smallest absolute Gasteiger partial charge is 0.142 e. The SMILES string of the molecule is Cn1cnnc1CSc1cc(N)cc(F)c1. The Morgan fingerprint density at radius 1 is 1.44 bits per heavy atom. The molecule has 0 saturated heterocycles. The summed E-state index contributed by atoms with van der Waals surface area (Å²) in [5, 5.41) is 7.71. The zero-order chi connectivity index (χ0) is 11.5. The van der Waals surface area contributed by atoms with Crippen LogP contribution in [0.2, 0.25) is 0 Å². The summed E-state index contributed by atoms with van der Waals surface area (Å²) in [5.74, 6) is 1.16. The monoisotopic (exact) mass is 238 g/mol. The Kier molecular flexibility index (Phi) is 3.09. The molecule has 0 radical (unpaired) electrons. The fourth-order valence-corrected chi connectivity index (χ4v) is 2.23. The van der Waals surface area contributed by atoms with Gasteiger partial charge in [-0.05, 0) is 18.2 Å². The van der Waals surface area contributed by atoms with Crippen LogP contribution in [0.5, 0.6) is 0 Å². The number of thioether (sulfide) groups is 1. The summed E-state index contributed by atoms with van der Waals surface area (Å²) in [5.41, 5.74) is 5.98. The van der Waals surface area contributed by atoms with Crippen LogP contribution in [-0.4, -0.2) is 14.8 Å². The largest absolute Gasteiger partial charge is 0.399 e. The van der Waals surface area contributed by atoms with E-state index in [-0.39, 0.29) is 5.82 Å². The van der Waals surface area contributed by atoms with E-state index in [9.17, 15) is 4.39 Å². The van der Waals surface area contributed by atoms with Gasteiger partial charge in [-0.2, -0.15) is 0 Å². The molecule has 1 aromatic carbocycles. The molecule has 0 aliphatic carbocycles. The van der Waals surface area contributed by atoms with Crippen LogP contribution in [0.1, 0.15) is 5.82 Å². The number of aryl methyl sites for hydroxylation is 1. The van der Waals surface area contributed by atoms with Gasteiger partial charge in [0.2, 0.25) is 0 Å². The van der Waals surface area contributed by atoms with Crippen molar-refractivity contribution >= 4 is 17.4 Å². The summed E-state index contributed by atoms with van der Waals surface area (Å²) in [6.07, 6.45) is 1.63. The summed E-state index contributed by atoms with van der Waals surface area (Å²) in [6.45, 7) is 0. The lowest BCUT2D eigenvalue weighted by Gasteiger charge is -2.03. The molecule has 0 atom stereocenters. The number of halogens is 1. The molecule has 2 aromatic rings. The van der Waals surface area contributed by atoms with Crippen molar-refractivity contribution in [1.82, 2.24) is 14.8 Å². The number of hydrogen-bond donors (Lipinski definition) is 1. The number of benzene rings is 1. The normalized spacial score (nSPS) is 10.6. The van der Waals surface area contributed by atoms with Gasteiger partial charge in [0.25, 0.3) is 0 Å². The molecule has 1 aromatic heterocycles. The molecule has 4 nitrogen and oxygen atoms in total. The Morgan fingerprint density at radius 3 is 2.88 bits per heavy atom. The van der Waals surface area contributed by atoms with Crippen molar-refractivity contribution in [2.24, 2.45) is 7.05 Å². The maximum absolute atomic E-state index is 13.0. The maximum Gasteiger partial charge on any atom is 0.142 e. The highest BCUT2D eigenvalue weighted by Gasteiger charge is 2.03. The molecule has 0 saturated carbocycles. The van der Waals surface area contributed by atoms with E-state index in [1.54, 1.807) is 12.4 Å². The van der Waals surface area contributed by atoms with E-state index in [1.807, 2.05) is 11.6 Å². The van der Waals surface area contributed by atoms with Gasteiger partial charge in [-0.25, -0.2) is 4.39 Å². The van der Waals surface area contributed by atoms with Crippen LogP contribution in [-0.2, 0) is 12.8 Å². The zero-order valence-electron chi connectivity index (χ0n) is 8.72. The van der Waals surface area contributed by atoms with E-state index >= 15 is 0 Å². The van der Waals surface area contributed by atoms with Crippen molar-refractivity contribution < 1.29 is 4.39 Å². The molecule has 0 fully saturated rings. The lowest BCUT2D eigenvalue weighted by atomic mass is 10.3. The average Bonchev–Trinajstić information content (AvgIpc) is 2.59. The minimum Gasteiger partial charge on any atom is -0.399 e. The first-order valence-corrected chi connectivity index (χ1v) is 5.65. The second-order valence-corrected chi connectivity index (χ2v) is 4.42. The van der Waals surface area contributed by atoms with E-state index < -0.39 is 0 Å². The predicted octanol–water partition coefficient (Wildman–Crippen LogP) is 1.83. The van der Waals surface area contributed by atoms with Crippen molar-refractivity contribution in [2.45, 2.75) is 10.6 Å². The minimum atomic E-state index is -0.319. The third-order valence-corrected chi connectivity index (χ3v) is 3.04. The molecule has 2 rings (SSSR count). The summed E-state index contributed by atoms with van der Waals surface area (Å²) in [6, 6.07) is 4.49. The number of nitrogens with zero attached hydrogens (tertiary/aromatic N) is 3. The summed E-state index contributed by atoms with van der Waals surface area (Å²) in [4.78, 5) is 0.792. The second kappa shape index (κ2) is 4.52. The van der Waals surface area contributed by atoms with Gasteiger partial charge < -0.3 is 10.3 Å². The summed E-state index contributed by atoms with van der Waals surface area (Å²) < 4.78 is 14.9. The van der Waals surface area contributed by atoms with Gasteiger partial charge in [0.05, 0.1) is 5.75 Å². The highest BCUT2D eigenvalue weighted by atomic mass is 32.2. The van der Waals surface area contributed by atoms with Crippen LogP contribution in [0.15, 0.2) is 29.4 Å². The summed E-state index contributed by atoms with van der Waals surface area (Å²) in [7, 11) is 1.87. The highest BCUT2D eigenvalue weighted by Crippen LogP contribution is 2.24. The fraction of sp³-hybridized carbons (Fsp3) is 0.200. The Morgan fingerprint density at radius 2 is 2.25 bits per heavy atom. The molecule has 2 N–H and O–H groups in total. The number of aromatic nitrogens is 3. The third kappa shape index (κ3) is 2.52. The minimum absolute atomic E-state index is 0.319. The molecule has 0 unspecified atom stereocenters. The van der Waals surface area contributed by atoms with E-state index in [4.69, 9.17) is 5.73 Å². The van der Waals surface area contributed by atoms with Crippen LogP contribution in [0, 0.1) is 5.82 Å². The molecule has 0 bridgehead atoms. The summed E-state index contributed by atoms with van der Waals surface area (Å²) >= 11 is 1.48. The molecular formula is C10H11FN4S. The number of nitrogen functional groups attached to an aromatic ring is 1. The topological polar surface area (TPSA) is 56.7 Å². The number of hydrogen-bond acceptors (Lipinski definition) is 4. The highest BCUT2D eigenvalue weighted by molar-refractivity contribution is 7.98. The van der Waals surface area contributed by atoms with Gasteiger partial charge in [0.15, 0.2) is 0 Å². The van der Waals surface area contributed by atoms with Gasteiger partial charge >= 0.3 is 0 Å². The molecule has 0 aliphatic rings. The Bertz CT molecular complexity index is 477. The molecule has 1 heterocycles. The number of anilines is 1. The van der Waals surface area contributed by atoms with Gasteiger partial charge in [-0.3, -0.25) is 0 Å². The molecule has 0 aliphatic heterocycles. The first-order chi connectivity index (χ1) is 7.65. The molecule has 0 amide bonds. The number of nitrogens with two attached hydrogens (primary N) is 1. The number of rotatable bonds is 3. The third-order valence-electron chi connectivity index (χ3n) is 2.07. The van der Waals surface area contributed by atoms with Gasteiger partial charge in [-0.1, -0.05) is 0 Å². The molecule has 6 heteroatoms. The Hall–Kier alpha value is -1.56. The Balaban J connectivity index is 2.07. The molecular weight excluding hydrogens is 227 g/mol. The first kappa shape index (κ1) is 10.9. The lowest BCUT2D eigenvalue weighted by Crippen LogP contribution is -1.94. The van der Waals surface area contributed by atoms with Gasteiger partial charge in [0.1, 0.15) is 18.0 Å². The second-order valence-electron chi connectivity index (χ2n) is 3.37. The standard InChI is InChI=1S/C10H11FN4S/c1-15-6-13-14-10(15)5-16-9-3-7(11)2-8(12)4-9/h2-4,6H,5,12H2,1H3. The molecule has 0 spiro atoms. The molecule has 16 heavy (non-hydrogen) atoms. The first-order valence-electron chi connectivity index (χ1n) is 4.67. The molecule has 84 valence electrons. The zero-order valence-corrected chi connectivity index (χ0v) is 9.54.